The summed E-state index contributed by atoms with van der Waals surface area (Å²) in [4.78, 5) is 0. The second-order valence-corrected chi connectivity index (χ2v) is 2.60. The van der Waals surface area contributed by atoms with Crippen molar-refractivity contribution in [2.24, 2.45) is 11.5 Å². The van der Waals surface area contributed by atoms with Crippen LogP contribution in [0, 0.1) is 6.42 Å². The lowest BCUT2D eigenvalue weighted by Crippen LogP contribution is -2.49. The van der Waals surface area contributed by atoms with Gasteiger partial charge in [0.25, 0.3) is 0 Å². The Morgan fingerprint density at radius 1 is 1.11 bits per heavy atom. The molecule has 0 aliphatic carbocycles. The van der Waals surface area contributed by atoms with Gasteiger partial charge in [-0.25, -0.2) is 0 Å². The lowest BCUT2D eigenvalue weighted by Gasteiger charge is -2.25. The summed E-state index contributed by atoms with van der Waals surface area (Å²) in [6, 6.07) is 0. The fourth-order valence-corrected chi connectivity index (χ4v) is 0.592. The monoisotopic (exact) mass is 133 g/mol. The van der Waals surface area contributed by atoms with E-state index in [0.29, 0.717) is 0 Å². The normalized spacial score (nSPS) is 24.7. The molecule has 0 bridgehead atoms. The zero-order valence-electron chi connectivity index (χ0n) is 5.63. The van der Waals surface area contributed by atoms with E-state index in [1.54, 1.807) is 0 Å². The Labute approximate surface area is 54.5 Å². The Kier molecular flexibility index (Phi) is 2.19. The van der Waals surface area contributed by atoms with Crippen LogP contribution in [0.2, 0.25) is 0 Å². The molecular weight excluding hydrogens is 120 g/mol. The molecule has 0 aliphatic rings. The molecule has 0 spiro atoms. The van der Waals surface area contributed by atoms with Crippen LogP contribution in [0.25, 0.3) is 0 Å². The molecule has 0 aromatic heterocycles. The van der Waals surface area contributed by atoms with E-state index in [9.17, 15) is 0 Å². The minimum absolute atomic E-state index is 1.04. The maximum absolute atomic E-state index is 8.84. The number of hydrogen-bond donors (Lipinski definition) is 4. The van der Waals surface area contributed by atoms with Gasteiger partial charge in [0.1, 0.15) is 11.4 Å². The van der Waals surface area contributed by atoms with Crippen molar-refractivity contribution < 1.29 is 10.2 Å². The number of aliphatic hydroxyl groups is 2. The molecule has 6 N–H and O–H groups in total. The maximum atomic E-state index is 8.84. The Morgan fingerprint density at radius 2 is 1.33 bits per heavy atom. The minimum Gasteiger partial charge on any atom is -0.376 e. The van der Waals surface area contributed by atoms with E-state index in [1.807, 2.05) is 0 Å². The summed E-state index contributed by atoms with van der Waals surface area (Å²) in [5.41, 5.74) is 7.13. The molecule has 0 aromatic rings. The van der Waals surface area contributed by atoms with Gasteiger partial charge >= 0.3 is 0 Å². The van der Waals surface area contributed by atoms with E-state index in [1.165, 1.54) is 13.8 Å². The largest absolute Gasteiger partial charge is 0.376 e. The zero-order chi connectivity index (χ0) is 7.71. The first-order chi connectivity index (χ1) is 3.71. The van der Waals surface area contributed by atoms with Gasteiger partial charge in [-0.1, -0.05) is 0 Å². The average molecular weight is 133 g/mol. The molecule has 0 amide bonds. The van der Waals surface area contributed by atoms with Crippen molar-refractivity contribution in [1.29, 1.82) is 0 Å². The SMILES string of the molecule is CC(N)(O)[CH]C(C)(N)O. The molecule has 1 radical (unpaired) electrons. The zero-order valence-corrected chi connectivity index (χ0v) is 5.63. The molecule has 0 fully saturated rings. The van der Waals surface area contributed by atoms with E-state index in [2.05, 4.69) is 0 Å². The first-order valence-electron chi connectivity index (χ1n) is 2.60. The summed E-state index contributed by atoms with van der Waals surface area (Å²) in [6.45, 7) is 2.66. The van der Waals surface area contributed by atoms with E-state index in [4.69, 9.17) is 21.7 Å². The summed E-state index contributed by atoms with van der Waals surface area (Å²) in [7, 11) is 0. The summed E-state index contributed by atoms with van der Waals surface area (Å²) in [5, 5.41) is 17.7. The van der Waals surface area contributed by atoms with E-state index >= 15 is 0 Å². The average Bonchev–Trinajstić information content (AvgIpc) is 1.14. The maximum Gasteiger partial charge on any atom is 0.118 e. The van der Waals surface area contributed by atoms with E-state index in [-0.39, 0.29) is 0 Å². The van der Waals surface area contributed by atoms with Gasteiger partial charge in [-0.2, -0.15) is 0 Å². The smallest absolute Gasteiger partial charge is 0.118 e. The molecule has 0 saturated carbocycles. The summed E-state index contributed by atoms with van der Waals surface area (Å²) in [6.07, 6.45) is 1.04. The standard InChI is InChI=1S/C5H13N2O2/c1-4(6,8)3-5(2,7)9/h3,8-9H,6-7H2,1-2H3. The van der Waals surface area contributed by atoms with Crippen LogP contribution in [0.4, 0.5) is 0 Å². The lowest BCUT2D eigenvalue weighted by atomic mass is 10.1. The van der Waals surface area contributed by atoms with Crippen LogP contribution in [0.3, 0.4) is 0 Å². The van der Waals surface area contributed by atoms with Crippen LogP contribution in [-0.4, -0.2) is 21.7 Å². The van der Waals surface area contributed by atoms with Gasteiger partial charge in [0.15, 0.2) is 0 Å². The highest BCUT2D eigenvalue weighted by molar-refractivity contribution is 4.94. The number of hydrogen-bond acceptors (Lipinski definition) is 4. The minimum atomic E-state index is -1.52. The van der Waals surface area contributed by atoms with Gasteiger partial charge in [-0.05, 0) is 13.8 Å². The third kappa shape index (κ3) is 7.84. The molecule has 9 heavy (non-hydrogen) atoms. The highest BCUT2D eigenvalue weighted by Gasteiger charge is 2.25. The van der Waals surface area contributed by atoms with Crippen LogP contribution in [-0.2, 0) is 0 Å². The molecule has 0 aromatic carbocycles. The third-order valence-electron chi connectivity index (χ3n) is 0.584. The predicted octanol–water partition coefficient (Wildman–Crippen LogP) is -1.47. The Bertz CT molecular complexity index is 78.1. The van der Waals surface area contributed by atoms with Crippen molar-refractivity contribution in [3.63, 3.8) is 0 Å². The third-order valence-corrected chi connectivity index (χ3v) is 0.584. The molecule has 0 aliphatic heterocycles. The topological polar surface area (TPSA) is 92.5 Å². The summed E-state index contributed by atoms with van der Waals surface area (Å²) >= 11 is 0. The van der Waals surface area contributed by atoms with Crippen molar-refractivity contribution in [2.75, 3.05) is 0 Å². The van der Waals surface area contributed by atoms with Gasteiger partial charge in [-0.3, -0.25) is 0 Å². The Morgan fingerprint density at radius 3 is 1.33 bits per heavy atom. The molecule has 4 heteroatoms. The summed E-state index contributed by atoms with van der Waals surface area (Å²) < 4.78 is 0. The van der Waals surface area contributed by atoms with Crippen LogP contribution < -0.4 is 11.5 Å². The Hall–Kier alpha value is -0.160. The molecule has 2 unspecified atom stereocenters. The van der Waals surface area contributed by atoms with Gasteiger partial charge in [0, 0.05) is 0 Å². The van der Waals surface area contributed by atoms with Crippen LogP contribution >= 0.6 is 0 Å². The molecule has 0 saturated heterocycles. The fourth-order valence-electron chi connectivity index (χ4n) is 0.592. The lowest BCUT2D eigenvalue weighted by molar-refractivity contribution is 0.0212. The molecule has 0 heterocycles. The number of rotatable bonds is 2. The second kappa shape index (κ2) is 2.22. The van der Waals surface area contributed by atoms with E-state index < -0.39 is 11.4 Å². The van der Waals surface area contributed by atoms with Crippen molar-refractivity contribution in [1.82, 2.24) is 0 Å². The Balaban J connectivity index is 3.75. The molecule has 4 nitrogen and oxygen atoms in total. The molecule has 2 atom stereocenters. The predicted molar refractivity (Wildman–Crippen MR) is 33.9 cm³/mol. The van der Waals surface area contributed by atoms with Crippen molar-refractivity contribution >= 4 is 0 Å². The van der Waals surface area contributed by atoms with Gasteiger partial charge in [0.05, 0.1) is 6.42 Å². The number of nitrogens with two attached hydrogens (primary N) is 2. The first kappa shape index (κ1) is 8.84. The highest BCUT2D eigenvalue weighted by atomic mass is 16.3. The van der Waals surface area contributed by atoms with Crippen LogP contribution in [0.5, 0.6) is 0 Å². The van der Waals surface area contributed by atoms with Crippen molar-refractivity contribution in [3.05, 3.63) is 6.42 Å². The van der Waals surface area contributed by atoms with Crippen LogP contribution in [0.15, 0.2) is 0 Å². The van der Waals surface area contributed by atoms with Crippen LogP contribution in [0.1, 0.15) is 13.8 Å². The van der Waals surface area contributed by atoms with Gasteiger partial charge < -0.3 is 21.7 Å². The van der Waals surface area contributed by atoms with Crippen molar-refractivity contribution in [3.8, 4) is 0 Å². The summed E-state index contributed by atoms with van der Waals surface area (Å²) in [5.74, 6) is 0. The fraction of sp³-hybridized carbons (Fsp3) is 0.800. The van der Waals surface area contributed by atoms with E-state index in [0.717, 1.165) is 6.42 Å². The van der Waals surface area contributed by atoms with Gasteiger partial charge in [-0.15, -0.1) is 0 Å². The van der Waals surface area contributed by atoms with Gasteiger partial charge in [0.2, 0.25) is 0 Å². The molecule has 0 rings (SSSR count). The first-order valence-corrected chi connectivity index (χ1v) is 2.60. The second-order valence-electron chi connectivity index (χ2n) is 2.60. The molecule has 55 valence electrons. The highest BCUT2D eigenvalue weighted by Crippen LogP contribution is 2.07. The van der Waals surface area contributed by atoms with Crippen molar-refractivity contribution in [2.45, 2.75) is 25.3 Å². The molecular formula is C5H13N2O2. The quantitative estimate of drug-likeness (QED) is 0.346.